The number of hydrogen-bond donors (Lipinski definition) is 3. The summed E-state index contributed by atoms with van der Waals surface area (Å²) in [6.45, 7) is 0.688. The first-order valence-electron chi connectivity index (χ1n) is 7.75. The van der Waals surface area contributed by atoms with Crippen LogP contribution in [0.5, 0.6) is 0 Å². The van der Waals surface area contributed by atoms with Gasteiger partial charge in [-0.05, 0) is 18.0 Å². The van der Waals surface area contributed by atoms with Gasteiger partial charge in [-0.2, -0.15) is 4.98 Å². The largest absolute Gasteiger partial charge is 0.393 e. The van der Waals surface area contributed by atoms with Gasteiger partial charge in [0.1, 0.15) is 23.6 Å². The molecule has 12 nitrogen and oxygen atoms in total. The Bertz CT molecular complexity index is 763. The second-order valence-corrected chi connectivity index (χ2v) is 5.76. The minimum atomic E-state index is -1.46. The summed E-state index contributed by atoms with van der Waals surface area (Å²) in [5.74, 6) is -0.308. The Balaban J connectivity index is 2.34. The quantitative estimate of drug-likeness (QED) is 0.332. The number of aromatic nitrogens is 2. The number of carbonyl (C=O) groups is 1. The molecule has 1 aliphatic rings. The maximum Gasteiger partial charge on any atom is 0.351 e. The van der Waals surface area contributed by atoms with Gasteiger partial charge in [-0.1, -0.05) is 5.11 Å². The molecule has 1 fully saturated rings. The smallest absolute Gasteiger partial charge is 0.351 e. The lowest BCUT2D eigenvalue weighted by Gasteiger charge is -2.29. The molecule has 0 saturated carbocycles. The summed E-state index contributed by atoms with van der Waals surface area (Å²) in [6, 6.07) is 1.39. The van der Waals surface area contributed by atoms with E-state index in [2.05, 4.69) is 20.3 Å². The molecule has 0 radical (unpaired) electrons. The Morgan fingerprint density at radius 1 is 1.65 bits per heavy atom. The van der Waals surface area contributed by atoms with Gasteiger partial charge < -0.3 is 25.0 Å². The molecule has 0 aliphatic carbocycles. The number of nitrogens with zero attached hydrogens (tertiary/aromatic N) is 5. The molecule has 1 aromatic heterocycles. The van der Waals surface area contributed by atoms with Gasteiger partial charge in [0, 0.05) is 31.7 Å². The van der Waals surface area contributed by atoms with Crippen LogP contribution in [0, 0.1) is 0 Å². The normalized spacial score (nSPS) is 27.8. The van der Waals surface area contributed by atoms with Crippen LogP contribution >= 0.6 is 0 Å². The molecule has 142 valence electrons. The van der Waals surface area contributed by atoms with Gasteiger partial charge in [0.15, 0.2) is 6.23 Å². The fraction of sp³-hybridized carbons (Fsp3) is 0.643. The highest BCUT2D eigenvalue weighted by Gasteiger charge is 2.55. The zero-order valence-electron chi connectivity index (χ0n) is 14.3. The van der Waals surface area contributed by atoms with Crippen LogP contribution in [0.4, 0.5) is 5.82 Å². The van der Waals surface area contributed by atoms with Crippen molar-refractivity contribution in [2.24, 2.45) is 5.11 Å². The summed E-state index contributed by atoms with van der Waals surface area (Å²) in [5.41, 5.74) is 6.20. The van der Waals surface area contributed by atoms with Crippen molar-refractivity contribution in [1.82, 2.24) is 9.55 Å². The molecule has 2 heterocycles. The Morgan fingerprint density at radius 3 is 2.92 bits per heavy atom. The molecule has 3 N–H and O–H groups in total. The first kappa shape index (κ1) is 19.8. The fourth-order valence-electron chi connectivity index (χ4n) is 2.85. The van der Waals surface area contributed by atoms with E-state index in [9.17, 15) is 19.8 Å². The molecule has 26 heavy (non-hydrogen) atoms. The summed E-state index contributed by atoms with van der Waals surface area (Å²) in [6.07, 6.45) is -1.96. The number of carbonyl (C=O) groups excluding carboxylic acids is 1. The van der Waals surface area contributed by atoms with Crippen LogP contribution in [-0.2, 0) is 14.3 Å². The second-order valence-electron chi connectivity index (χ2n) is 5.76. The van der Waals surface area contributed by atoms with Gasteiger partial charge >= 0.3 is 5.69 Å². The average molecular weight is 368 g/mol. The number of hydrogen-bond acceptors (Lipinski definition) is 8. The van der Waals surface area contributed by atoms with Gasteiger partial charge in [0.2, 0.25) is 5.91 Å². The Morgan fingerprint density at radius 2 is 2.38 bits per heavy atom. The van der Waals surface area contributed by atoms with Crippen molar-refractivity contribution in [3.05, 3.63) is 33.2 Å². The molecule has 0 aromatic carbocycles. The van der Waals surface area contributed by atoms with E-state index in [-0.39, 0.29) is 24.7 Å². The van der Waals surface area contributed by atoms with Crippen LogP contribution in [0.1, 0.15) is 19.6 Å². The molecule has 1 saturated heterocycles. The highest BCUT2D eigenvalue weighted by atomic mass is 16.6. The predicted octanol–water partition coefficient (Wildman–Crippen LogP) is -0.462. The number of amides is 1. The maximum atomic E-state index is 12.3. The van der Waals surface area contributed by atoms with Crippen LogP contribution in [0.3, 0.4) is 0 Å². The molecular formula is C14H20N6O6. The third-order valence-electron chi connectivity index (χ3n) is 4.13. The van der Waals surface area contributed by atoms with Crippen LogP contribution in [0.2, 0.25) is 0 Å². The SMILES string of the molecule is CO[C@@H]1[C@H](n2ccc(NC(C)=O)nc2=O)O[C@@](CO)(CCN=[N+]=[N-])[C@@H]1O. The van der Waals surface area contributed by atoms with E-state index in [1.807, 2.05) is 0 Å². The molecule has 0 bridgehead atoms. The number of aliphatic hydroxyl groups is 2. The lowest BCUT2D eigenvalue weighted by atomic mass is 9.92. The number of azide groups is 1. The van der Waals surface area contributed by atoms with Crippen LogP contribution in [-0.4, -0.2) is 63.7 Å². The summed E-state index contributed by atoms with van der Waals surface area (Å²) >= 11 is 0. The highest BCUT2D eigenvalue weighted by molar-refractivity contribution is 5.87. The van der Waals surface area contributed by atoms with Crippen molar-refractivity contribution in [2.75, 3.05) is 25.6 Å². The first-order chi connectivity index (χ1) is 12.4. The van der Waals surface area contributed by atoms with Gasteiger partial charge in [-0.3, -0.25) is 9.36 Å². The molecule has 2 rings (SSSR count). The van der Waals surface area contributed by atoms with Crippen molar-refractivity contribution >= 4 is 11.7 Å². The zero-order chi connectivity index (χ0) is 19.3. The van der Waals surface area contributed by atoms with E-state index in [1.165, 1.54) is 26.3 Å². The monoisotopic (exact) mass is 368 g/mol. The minimum Gasteiger partial charge on any atom is -0.393 e. The molecule has 12 heteroatoms. The van der Waals surface area contributed by atoms with E-state index in [4.69, 9.17) is 15.0 Å². The van der Waals surface area contributed by atoms with Crippen molar-refractivity contribution in [2.45, 2.75) is 37.4 Å². The lowest BCUT2D eigenvalue weighted by molar-refractivity contribution is -0.132. The van der Waals surface area contributed by atoms with Gasteiger partial charge in [0.25, 0.3) is 0 Å². The number of nitrogens with one attached hydrogen (secondary N) is 1. The van der Waals surface area contributed by atoms with E-state index in [0.717, 1.165) is 4.57 Å². The summed E-state index contributed by atoms with van der Waals surface area (Å²) < 4.78 is 12.1. The van der Waals surface area contributed by atoms with E-state index < -0.39 is 36.3 Å². The van der Waals surface area contributed by atoms with Crippen molar-refractivity contribution in [3.63, 3.8) is 0 Å². The Labute approximate surface area is 148 Å². The van der Waals surface area contributed by atoms with Gasteiger partial charge in [0.05, 0.1) is 6.61 Å². The Hall–Kier alpha value is -2.50. The molecule has 0 unspecified atom stereocenters. The first-order valence-corrected chi connectivity index (χ1v) is 7.75. The van der Waals surface area contributed by atoms with Crippen molar-refractivity contribution in [3.8, 4) is 0 Å². The van der Waals surface area contributed by atoms with Crippen LogP contribution < -0.4 is 11.0 Å². The summed E-state index contributed by atoms with van der Waals surface area (Å²) in [4.78, 5) is 29.7. The predicted molar refractivity (Wildman–Crippen MR) is 88.2 cm³/mol. The average Bonchev–Trinajstić information content (AvgIpc) is 2.87. The lowest BCUT2D eigenvalue weighted by Crippen LogP contribution is -2.47. The highest BCUT2D eigenvalue weighted by Crippen LogP contribution is 2.40. The maximum absolute atomic E-state index is 12.3. The second kappa shape index (κ2) is 8.25. The molecule has 1 aliphatic heterocycles. The molecule has 0 spiro atoms. The number of rotatable bonds is 7. The fourth-order valence-corrected chi connectivity index (χ4v) is 2.85. The molecular weight excluding hydrogens is 348 g/mol. The standard InChI is InChI=1S/C14H20N6O6/c1-8(22)17-9-3-6-20(13(24)18-9)12-10(25-2)11(23)14(7-21,26-12)4-5-16-19-15/h3,6,10-12,21,23H,4-5,7H2,1-2H3,(H,17,18,22,24)/t10-,11+,12+,14+/m0/s1. The van der Waals surface area contributed by atoms with Gasteiger partial charge in [-0.15, -0.1) is 0 Å². The minimum absolute atomic E-state index is 0.0219. The summed E-state index contributed by atoms with van der Waals surface area (Å²) in [7, 11) is 1.33. The third kappa shape index (κ3) is 3.84. The topological polar surface area (TPSA) is 172 Å². The van der Waals surface area contributed by atoms with Crippen molar-refractivity contribution in [1.29, 1.82) is 0 Å². The third-order valence-corrected chi connectivity index (χ3v) is 4.13. The Kier molecular flexibility index (Phi) is 6.29. The molecule has 1 amide bonds. The molecule has 1 aromatic rings. The van der Waals surface area contributed by atoms with E-state index in [1.54, 1.807) is 0 Å². The molecule has 4 atom stereocenters. The number of aliphatic hydroxyl groups excluding tert-OH is 2. The zero-order valence-corrected chi connectivity index (χ0v) is 14.3. The van der Waals surface area contributed by atoms with E-state index >= 15 is 0 Å². The van der Waals surface area contributed by atoms with Crippen LogP contribution in [0.15, 0.2) is 22.2 Å². The van der Waals surface area contributed by atoms with Crippen LogP contribution in [0.25, 0.3) is 10.4 Å². The van der Waals surface area contributed by atoms with E-state index in [0.29, 0.717) is 0 Å². The number of methoxy groups -OCH3 is 1. The number of anilines is 1. The number of ether oxygens (including phenoxy) is 2. The van der Waals surface area contributed by atoms with Crippen molar-refractivity contribution < 1.29 is 24.5 Å². The summed E-state index contributed by atoms with van der Waals surface area (Å²) in [5, 5.41) is 26.1. The van der Waals surface area contributed by atoms with Gasteiger partial charge in [-0.25, -0.2) is 4.79 Å².